The predicted molar refractivity (Wildman–Crippen MR) is 185 cm³/mol. The molecule has 0 amide bonds. The van der Waals surface area contributed by atoms with Gasteiger partial charge in [0.1, 0.15) is 0 Å². The molecular formula is C41H31N3S. The highest BCUT2D eigenvalue weighted by molar-refractivity contribution is 8.04. The lowest BCUT2D eigenvalue weighted by atomic mass is 9.74. The minimum atomic E-state index is 0.113. The summed E-state index contributed by atoms with van der Waals surface area (Å²) in [5.41, 5.74) is 14.5. The maximum absolute atomic E-state index is 10.4. The van der Waals surface area contributed by atoms with Crippen LogP contribution in [0, 0.1) is 34.0 Å². The van der Waals surface area contributed by atoms with Crippen molar-refractivity contribution in [3.05, 3.63) is 141 Å². The van der Waals surface area contributed by atoms with Crippen LogP contribution < -0.4 is 0 Å². The summed E-state index contributed by atoms with van der Waals surface area (Å²) in [4.78, 5) is 1.53. The van der Waals surface area contributed by atoms with Crippen LogP contribution in [0.15, 0.2) is 124 Å². The van der Waals surface area contributed by atoms with Crippen LogP contribution in [0.25, 0.3) is 33.1 Å². The van der Waals surface area contributed by atoms with E-state index in [1.165, 1.54) is 10.5 Å². The number of allylic oxidation sites excluding steroid dienone is 10. The number of para-hydroxylation sites is 1. The van der Waals surface area contributed by atoms with Gasteiger partial charge in [0.25, 0.3) is 0 Å². The van der Waals surface area contributed by atoms with Crippen molar-refractivity contribution >= 4 is 39.1 Å². The lowest BCUT2D eigenvalue weighted by Gasteiger charge is -2.30. The van der Waals surface area contributed by atoms with Crippen LogP contribution in [-0.4, -0.2) is 9.82 Å². The Morgan fingerprint density at radius 3 is 2.62 bits per heavy atom. The molecule has 0 N–H and O–H groups in total. The Kier molecular flexibility index (Phi) is 5.69. The van der Waals surface area contributed by atoms with Crippen LogP contribution in [0.1, 0.15) is 56.2 Å². The summed E-state index contributed by atoms with van der Waals surface area (Å²) in [5, 5.41) is 22.6. The van der Waals surface area contributed by atoms with E-state index in [0.29, 0.717) is 22.3 Å². The van der Waals surface area contributed by atoms with E-state index in [1.807, 2.05) is 36.4 Å². The average molecular weight is 598 g/mol. The van der Waals surface area contributed by atoms with E-state index in [-0.39, 0.29) is 5.41 Å². The molecule has 5 aliphatic rings. The van der Waals surface area contributed by atoms with Crippen LogP contribution in [-0.2, 0) is 0 Å². The van der Waals surface area contributed by atoms with Crippen LogP contribution in [0.3, 0.4) is 0 Å². The molecule has 1 aromatic heterocycles. The smallest absolute Gasteiger partial charge is 0.0998 e. The Morgan fingerprint density at radius 2 is 1.76 bits per heavy atom. The van der Waals surface area contributed by atoms with Crippen LogP contribution >= 0.6 is 11.8 Å². The van der Waals surface area contributed by atoms with Crippen molar-refractivity contribution in [1.82, 2.24) is 4.57 Å². The second-order valence-electron chi connectivity index (χ2n) is 13.3. The highest BCUT2D eigenvalue weighted by Gasteiger charge is 2.46. The number of benzene rings is 3. The van der Waals surface area contributed by atoms with Crippen molar-refractivity contribution in [2.24, 2.45) is 11.3 Å². The topological polar surface area (TPSA) is 52.5 Å². The second-order valence-corrected chi connectivity index (χ2v) is 14.5. The summed E-state index contributed by atoms with van der Waals surface area (Å²) in [6, 6.07) is 25.2. The van der Waals surface area contributed by atoms with Crippen molar-refractivity contribution in [3.63, 3.8) is 0 Å². The highest BCUT2D eigenvalue weighted by atomic mass is 32.2. The zero-order valence-electron chi connectivity index (χ0n) is 25.4. The molecule has 2 atom stereocenters. The number of rotatable bonds is 2. The first-order valence-electron chi connectivity index (χ1n) is 15.9. The van der Waals surface area contributed by atoms with Crippen LogP contribution in [0.4, 0.5) is 0 Å². The summed E-state index contributed by atoms with van der Waals surface area (Å²) in [6.45, 7) is 4.85. The van der Waals surface area contributed by atoms with E-state index < -0.39 is 0 Å². The molecule has 1 aliphatic heterocycles. The van der Waals surface area contributed by atoms with Gasteiger partial charge in [-0.15, -0.1) is 11.8 Å². The van der Waals surface area contributed by atoms with E-state index >= 15 is 0 Å². The fraction of sp³-hybridized carbons (Fsp3) is 0.220. The maximum Gasteiger partial charge on any atom is 0.0998 e. The molecule has 9 rings (SSSR count). The summed E-state index contributed by atoms with van der Waals surface area (Å²) >= 11 is 2.06. The average Bonchev–Trinajstić information content (AvgIpc) is 3.69. The van der Waals surface area contributed by atoms with E-state index in [1.54, 1.807) is 22.3 Å². The lowest BCUT2D eigenvalue weighted by Crippen LogP contribution is -2.18. The molecule has 0 saturated heterocycles. The number of aromatic nitrogens is 1. The van der Waals surface area contributed by atoms with Gasteiger partial charge in [0.2, 0.25) is 0 Å². The third-order valence-corrected chi connectivity index (χ3v) is 12.1. The van der Waals surface area contributed by atoms with E-state index in [4.69, 9.17) is 0 Å². The molecule has 0 bridgehead atoms. The van der Waals surface area contributed by atoms with Crippen molar-refractivity contribution in [2.75, 3.05) is 0 Å². The Hall–Kier alpha value is -4.77. The molecule has 2 heterocycles. The van der Waals surface area contributed by atoms with Crippen LogP contribution in [0.2, 0.25) is 0 Å². The van der Waals surface area contributed by atoms with Gasteiger partial charge >= 0.3 is 0 Å². The molecule has 4 heteroatoms. The molecule has 0 radical (unpaired) electrons. The molecule has 2 unspecified atom stereocenters. The normalized spacial score (nSPS) is 22.7. The van der Waals surface area contributed by atoms with Gasteiger partial charge in [0.15, 0.2) is 0 Å². The van der Waals surface area contributed by atoms with Gasteiger partial charge in [-0.3, -0.25) is 0 Å². The molecule has 0 spiro atoms. The molecule has 0 fully saturated rings. The number of hydrogen-bond acceptors (Lipinski definition) is 3. The monoisotopic (exact) mass is 597 g/mol. The van der Waals surface area contributed by atoms with Gasteiger partial charge in [-0.1, -0.05) is 74.1 Å². The molecule has 0 saturated carbocycles. The lowest BCUT2D eigenvalue weighted by molar-refractivity contribution is 0.526. The molecule has 4 aliphatic carbocycles. The van der Waals surface area contributed by atoms with Gasteiger partial charge in [-0.2, -0.15) is 10.5 Å². The van der Waals surface area contributed by atoms with Gasteiger partial charge in [0.05, 0.1) is 40.0 Å². The standard InChI is InChI=1S/C41H31N3S/c1-41(2)32-11-5-3-10-29(32)39-33(41)17-16-28-31-21-25(15-19-37(31)45-40(28)39)38-26(23-43)8-7-13-36(38)44-34-12-6-4-9-27(34)30-20-24(22-42)14-18-35(30)44/h4-9,11-15,18-21,31,37H,3,10,16-17H2,1-2H3. The van der Waals surface area contributed by atoms with E-state index in [0.717, 1.165) is 64.3 Å². The third-order valence-electron chi connectivity index (χ3n) is 10.7. The van der Waals surface area contributed by atoms with Crippen molar-refractivity contribution in [1.29, 1.82) is 10.5 Å². The summed E-state index contributed by atoms with van der Waals surface area (Å²) < 4.78 is 2.28. The van der Waals surface area contributed by atoms with Crippen molar-refractivity contribution in [3.8, 4) is 17.8 Å². The Morgan fingerprint density at radius 1 is 0.889 bits per heavy atom. The molecule has 3 aromatic carbocycles. The zero-order chi connectivity index (χ0) is 30.4. The van der Waals surface area contributed by atoms with Gasteiger partial charge in [0, 0.05) is 37.8 Å². The highest BCUT2D eigenvalue weighted by Crippen LogP contribution is 2.62. The number of thioether (sulfide) groups is 1. The predicted octanol–water partition coefficient (Wildman–Crippen LogP) is 10.2. The zero-order valence-corrected chi connectivity index (χ0v) is 26.2. The van der Waals surface area contributed by atoms with Gasteiger partial charge < -0.3 is 4.57 Å². The van der Waals surface area contributed by atoms with Gasteiger partial charge in [-0.05, 0) is 89.9 Å². The van der Waals surface area contributed by atoms with Gasteiger partial charge in [-0.25, -0.2) is 0 Å². The van der Waals surface area contributed by atoms with E-state index in [9.17, 15) is 10.5 Å². The Balaban J connectivity index is 1.22. The molecule has 45 heavy (non-hydrogen) atoms. The molecular weight excluding hydrogens is 567 g/mol. The first-order chi connectivity index (χ1) is 22.0. The van der Waals surface area contributed by atoms with E-state index in [2.05, 4.69) is 97.0 Å². The molecule has 216 valence electrons. The summed E-state index contributed by atoms with van der Waals surface area (Å²) in [7, 11) is 0. The fourth-order valence-electron chi connectivity index (χ4n) is 8.67. The number of nitrogens with zero attached hydrogens (tertiary/aromatic N) is 3. The number of nitriles is 2. The molecule has 4 aromatic rings. The Labute approximate surface area is 267 Å². The van der Waals surface area contributed by atoms with Crippen LogP contribution in [0.5, 0.6) is 0 Å². The minimum absolute atomic E-state index is 0.113. The quantitative estimate of drug-likeness (QED) is 0.231. The summed E-state index contributed by atoms with van der Waals surface area (Å²) in [5.74, 6) is 0.321. The molecule has 3 nitrogen and oxygen atoms in total. The van der Waals surface area contributed by atoms with Crippen molar-refractivity contribution < 1.29 is 0 Å². The summed E-state index contributed by atoms with van der Waals surface area (Å²) in [6.07, 6.45) is 16.4. The maximum atomic E-state index is 10.4. The first kappa shape index (κ1) is 26.6. The minimum Gasteiger partial charge on any atom is -0.309 e. The third kappa shape index (κ3) is 3.64. The Bertz CT molecular complexity index is 2300. The number of fused-ring (bicyclic) bond motifs is 7. The fourth-order valence-corrected chi connectivity index (χ4v) is 10.2. The number of hydrogen-bond donors (Lipinski definition) is 0. The van der Waals surface area contributed by atoms with Crippen molar-refractivity contribution in [2.45, 2.75) is 44.8 Å². The second kappa shape index (κ2) is 9.61. The first-order valence-corrected chi connectivity index (χ1v) is 16.8. The largest absolute Gasteiger partial charge is 0.309 e. The SMILES string of the molecule is CC1(C)C2=C(CCC=C2)C2=C1CCC1=C2SC2C=CC(c3c(C#N)cccc3-n3c4ccccc4c4cc(C#N)ccc43)=CC12.